The van der Waals surface area contributed by atoms with E-state index < -0.39 is 12.8 Å². The van der Waals surface area contributed by atoms with Crippen LogP contribution in [-0.4, -0.2) is 17.4 Å². The van der Waals surface area contributed by atoms with E-state index in [0.29, 0.717) is 5.69 Å². The van der Waals surface area contributed by atoms with Crippen LogP contribution in [0.15, 0.2) is 53.5 Å². The van der Waals surface area contributed by atoms with Gasteiger partial charge in [0.1, 0.15) is 5.75 Å². The molecular formula is C13H10F3NO2. The second-order valence-electron chi connectivity index (χ2n) is 3.81. The predicted molar refractivity (Wildman–Crippen MR) is 63.6 cm³/mol. The summed E-state index contributed by atoms with van der Waals surface area (Å²) in [6, 6.07) is 10.5. The van der Waals surface area contributed by atoms with Crippen LogP contribution in [0.2, 0.25) is 0 Å². The van der Waals surface area contributed by atoms with E-state index in [9.17, 15) is 18.0 Å². The van der Waals surface area contributed by atoms with Gasteiger partial charge in [-0.1, -0.05) is 6.07 Å². The average molecular weight is 269 g/mol. The summed E-state index contributed by atoms with van der Waals surface area (Å²) < 4.78 is 41.9. The molecule has 2 aromatic rings. The first-order valence-electron chi connectivity index (χ1n) is 5.43. The van der Waals surface area contributed by atoms with Crippen LogP contribution in [0.4, 0.5) is 13.2 Å². The molecule has 0 saturated heterocycles. The van der Waals surface area contributed by atoms with Gasteiger partial charge in [0, 0.05) is 18.0 Å². The highest BCUT2D eigenvalue weighted by molar-refractivity contribution is 5.37. The Hall–Kier alpha value is -2.24. The zero-order valence-electron chi connectivity index (χ0n) is 9.72. The van der Waals surface area contributed by atoms with Gasteiger partial charge in [0.2, 0.25) is 0 Å². The molecule has 0 bridgehead atoms. The van der Waals surface area contributed by atoms with Crippen molar-refractivity contribution in [2.75, 3.05) is 6.61 Å². The molecule has 1 heterocycles. The van der Waals surface area contributed by atoms with Crippen LogP contribution in [-0.2, 0) is 0 Å². The molecule has 6 heteroatoms. The summed E-state index contributed by atoms with van der Waals surface area (Å²) in [5.74, 6) is 0.102. The lowest BCUT2D eigenvalue weighted by Crippen LogP contribution is -2.19. The fraction of sp³-hybridized carbons (Fsp3) is 0.154. The lowest BCUT2D eigenvalue weighted by molar-refractivity contribution is -0.153. The monoisotopic (exact) mass is 269 g/mol. The molecule has 0 radical (unpaired) electrons. The van der Waals surface area contributed by atoms with Crippen LogP contribution >= 0.6 is 0 Å². The average Bonchev–Trinajstić information content (AvgIpc) is 2.37. The normalized spacial score (nSPS) is 11.3. The van der Waals surface area contributed by atoms with E-state index >= 15 is 0 Å². The highest BCUT2D eigenvalue weighted by Crippen LogP contribution is 2.19. The first kappa shape index (κ1) is 13.2. The quantitative estimate of drug-likeness (QED) is 0.858. The molecule has 0 N–H and O–H groups in total. The van der Waals surface area contributed by atoms with Gasteiger partial charge in [-0.05, 0) is 30.3 Å². The molecule has 1 aromatic carbocycles. The molecule has 0 atom stereocenters. The predicted octanol–water partition coefficient (Wildman–Crippen LogP) is 2.78. The molecule has 3 nitrogen and oxygen atoms in total. The third-order valence-electron chi connectivity index (χ3n) is 2.34. The minimum Gasteiger partial charge on any atom is -0.484 e. The van der Waals surface area contributed by atoms with E-state index in [1.165, 1.54) is 34.9 Å². The van der Waals surface area contributed by atoms with Gasteiger partial charge < -0.3 is 4.74 Å². The number of nitrogens with zero attached hydrogens (tertiary/aromatic N) is 1. The first-order chi connectivity index (χ1) is 8.96. The number of benzene rings is 1. The number of hydrogen-bond donors (Lipinski definition) is 0. The van der Waals surface area contributed by atoms with Crippen LogP contribution in [0.25, 0.3) is 5.69 Å². The Morgan fingerprint density at radius 1 is 1.05 bits per heavy atom. The van der Waals surface area contributed by atoms with Crippen molar-refractivity contribution in [3.63, 3.8) is 0 Å². The summed E-state index contributed by atoms with van der Waals surface area (Å²) in [6.07, 6.45) is -2.79. The maximum atomic E-state index is 12.0. The summed E-state index contributed by atoms with van der Waals surface area (Å²) in [7, 11) is 0. The lowest BCUT2D eigenvalue weighted by atomic mass is 10.3. The number of aromatic nitrogens is 1. The molecule has 1 aromatic heterocycles. The Morgan fingerprint density at radius 3 is 2.32 bits per heavy atom. The number of halogens is 3. The molecule has 0 aliphatic rings. The second-order valence-corrected chi connectivity index (χ2v) is 3.81. The van der Waals surface area contributed by atoms with Crippen LogP contribution in [0.5, 0.6) is 5.75 Å². The van der Waals surface area contributed by atoms with Gasteiger partial charge in [-0.15, -0.1) is 0 Å². The molecule has 19 heavy (non-hydrogen) atoms. The van der Waals surface area contributed by atoms with Crippen molar-refractivity contribution in [2.24, 2.45) is 0 Å². The maximum absolute atomic E-state index is 12.0. The molecule has 0 aliphatic carbocycles. The van der Waals surface area contributed by atoms with E-state index in [-0.39, 0.29) is 11.3 Å². The largest absolute Gasteiger partial charge is 0.484 e. The number of alkyl halides is 3. The third kappa shape index (κ3) is 3.61. The molecule has 0 unspecified atom stereocenters. The second kappa shape index (κ2) is 5.17. The minimum absolute atomic E-state index is 0.102. The SMILES string of the molecule is O=c1ccccn1-c1ccc(OCC(F)(F)F)cc1. The Balaban J connectivity index is 2.15. The lowest BCUT2D eigenvalue weighted by Gasteiger charge is -2.10. The Bertz CT molecular complexity index is 602. The van der Waals surface area contributed by atoms with Gasteiger partial charge in [-0.25, -0.2) is 0 Å². The fourth-order valence-corrected chi connectivity index (χ4v) is 1.51. The fourth-order valence-electron chi connectivity index (χ4n) is 1.51. The number of ether oxygens (including phenoxy) is 1. The molecular weight excluding hydrogens is 259 g/mol. The smallest absolute Gasteiger partial charge is 0.422 e. The Kier molecular flexibility index (Phi) is 3.59. The van der Waals surface area contributed by atoms with Gasteiger partial charge in [-0.3, -0.25) is 9.36 Å². The summed E-state index contributed by atoms with van der Waals surface area (Å²) in [6.45, 7) is -1.34. The van der Waals surface area contributed by atoms with Crippen molar-refractivity contribution in [3.8, 4) is 11.4 Å². The molecule has 0 saturated carbocycles. The molecule has 0 aliphatic heterocycles. The zero-order valence-corrected chi connectivity index (χ0v) is 9.72. The Labute approximate surface area is 106 Å². The van der Waals surface area contributed by atoms with E-state index in [1.54, 1.807) is 18.3 Å². The van der Waals surface area contributed by atoms with Gasteiger partial charge in [0.25, 0.3) is 5.56 Å². The topological polar surface area (TPSA) is 31.2 Å². The number of rotatable bonds is 3. The van der Waals surface area contributed by atoms with E-state index in [4.69, 9.17) is 0 Å². The maximum Gasteiger partial charge on any atom is 0.422 e. The van der Waals surface area contributed by atoms with Gasteiger partial charge >= 0.3 is 6.18 Å². The van der Waals surface area contributed by atoms with Crippen LogP contribution in [0.3, 0.4) is 0 Å². The van der Waals surface area contributed by atoms with Crippen molar-refractivity contribution in [3.05, 3.63) is 59.0 Å². The van der Waals surface area contributed by atoms with Gasteiger partial charge in [-0.2, -0.15) is 13.2 Å². The molecule has 0 fully saturated rings. The summed E-state index contributed by atoms with van der Waals surface area (Å²) in [5, 5.41) is 0. The highest BCUT2D eigenvalue weighted by Gasteiger charge is 2.28. The van der Waals surface area contributed by atoms with Crippen molar-refractivity contribution < 1.29 is 17.9 Å². The number of hydrogen-bond acceptors (Lipinski definition) is 2. The number of pyridine rings is 1. The third-order valence-corrected chi connectivity index (χ3v) is 2.34. The van der Waals surface area contributed by atoms with Crippen LogP contribution in [0.1, 0.15) is 0 Å². The molecule has 100 valence electrons. The van der Waals surface area contributed by atoms with Gasteiger partial charge in [0.15, 0.2) is 6.61 Å². The van der Waals surface area contributed by atoms with Gasteiger partial charge in [0.05, 0.1) is 0 Å². The van der Waals surface area contributed by atoms with E-state index in [0.717, 1.165) is 0 Å². The minimum atomic E-state index is -4.37. The van der Waals surface area contributed by atoms with E-state index in [1.807, 2.05) is 0 Å². The van der Waals surface area contributed by atoms with Crippen molar-refractivity contribution in [1.82, 2.24) is 4.57 Å². The highest BCUT2D eigenvalue weighted by atomic mass is 19.4. The first-order valence-corrected chi connectivity index (χ1v) is 5.43. The standard InChI is InChI=1S/C13H10F3NO2/c14-13(15,16)9-19-11-6-4-10(5-7-11)17-8-2-1-3-12(17)18/h1-8H,9H2. The Morgan fingerprint density at radius 2 is 1.74 bits per heavy atom. The van der Waals surface area contributed by atoms with Crippen molar-refractivity contribution in [2.45, 2.75) is 6.18 Å². The summed E-state index contributed by atoms with van der Waals surface area (Å²) in [5.41, 5.74) is 0.344. The molecule has 0 spiro atoms. The molecule has 2 rings (SSSR count). The summed E-state index contributed by atoms with van der Waals surface area (Å²) >= 11 is 0. The summed E-state index contributed by atoms with van der Waals surface area (Å²) in [4.78, 5) is 11.5. The zero-order chi connectivity index (χ0) is 13.9. The van der Waals surface area contributed by atoms with Crippen molar-refractivity contribution in [1.29, 1.82) is 0 Å². The molecule has 0 amide bonds. The van der Waals surface area contributed by atoms with Crippen LogP contribution in [0, 0.1) is 0 Å². The van der Waals surface area contributed by atoms with E-state index in [2.05, 4.69) is 4.74 Å². The van der Waals surface area contributed by atoms with Crippen molar-refractivity contribution >= 4 is 0 Å². The van der Waals surface area contributed by atoms with Crippen LogP contribution < -0.4 is 10.3 Å².